The summed E-state index contributed by atoms with van der Waals surface area (Å²) in [5.74, 6) is 0. The largest absolute Gasteiger partial charge is 0.392 e. The molecule has 0 aliphatic carbocycles. The standard InChI is InChI=1S/C9H11O2/c1-7-2-3-8(5-10)4-9(7)6-11/h2-4,10-11H,1,5-6H2. The minimum Gasteiger partial charge on any atom is -0.392 e. The molecule has 2 heteroatoms. The lowest BCUT2D eigenvalue weighted by Crippen LogP contribution is -1.91. The first-order chi connectivity index (χ1) is 5.27. The highest BCUT2D eigenvalue weighted by Gasteiger charge is 1.97. The van der Waals surface area contributed by atoms with Crippen molar-refractivity contribution in [3.63, 3.8) is 0 Å². The van der Waals surface area contributed by atoms with E-state index in [9.17, 15) is 0 Å². The highest BCUT2D eigenvalue weighted by Crippen LogP contribution is 2.10. The summed E-state index contributed by atoms with van der Waals surface area (Å²) in [7, 11) is 0. The highest BCUT2D eigenvalue weighted by molar-refractivity contribution is 5.33. The Balaban J connectivity index is 3.02. The molecular formula is C9H11O2. The molecule has 1 radical (unpaired) electrons. The molecule has 2 nitrogen and oxygen atoms in total. The van der Waals surface area contributed by atoms with Gasteiger partial charge < -0.3 is 10.2 Å². The number of aliphatic hydroxyl groups excluding tert-OH is 2. The van der Waals surface area contributed by atoms with Crippen molar-refractivity contribution < 1.29 is 10.2 Å². The van der Waals surface area contributed by atoms with Crippen LogP contribution in [0, 0.1) is 6.92 Å². The van der Waals surface area contributed by atoms with Crippen molar-refractivity contribution in [3.05, 3.63) is 41.8 Å². The van der Waals surface area contributed by atoms with E-state index in [0.717, 1.165) is 16.7 Å². The molecule has 0 saturated carbocycles. The van der Waals surface area contributed by atoms with Crippen LogP contribution in [-0.2, 0) is 13.2 Å². The number of aliphatic hydroxyl groups is 2. The molecule has 1 rings (SSSR count). The average Bonchev–Trinajstić information content (AvgIpc) is 2.05. The van der Waals surface area contributed by atoms with Gasteiger partial charge in [0.15, 0.2) is 0 Å². The molecule has 0 amide bonds. The zero-order valence-corrected chi connectivity index (χ0v) is 6.25. The lowest BCUT2D eigenvalue weighted by molar-refractivity contribution is 0.275. The van der Waals surface area contributed by atoms with Gasteiger partial charge >= 0.3 is 0 Å². The molecule has 0 aliphatic rings. The summed E-state index contributed by atoms with van der Waals surface area (Å²) < 4.78 is 0. The number of hydrogen-bond acceptors (Lipinski definition) is 2. The zero-order chi connectivity index (χ0) is 8.27. The SMILES string of the molecule is [CH2]c1ccc(CO)cc1CO. The molecule has 0 aromatic heterocycles. The van der Waals surface area contributed by atoms with Crippen molar-refractivity contribution in [2.75, 3.05) is 0 Å². The maximum Gasteiger partial charge on any atom is 0.0684 e. The van der Waals surface area contributed by atoms with Crippen LogP contribution < -0.4 is 0 Å². The van der Waals surface area contributed by atoms with E-state index in [1.165, 1.54) is 0 Å². The summed E-state index contributed by atoms with van der Waals surface area (Å²) >= 11 is 0. The zero-order valence-electron chi connectivity index (χ0n) is 6.25. The molecule has 2 N–H and O–H groups in total. The smallest absolute Gasteiger partial charge is 0.0684 e. The van der Waals surface area contributed by atoms with E-state index >= 15 is 0 Å². The Morgan fingerprint density at radius 1 is 1.18 bits per heavy atom. The van der Waals surface area contributed by atoms with Crippen LogP contribution in [0.15, 0.2) is 18.2 Å². The molecule has 0 bridgehead atoms. The molecule has 0 atom stereocenters. The third-order valence-electron chi connectivity index (χ3n) is 1.62. The molecule has 0 unspecified atom stereocenters. The summed E-state index contributed by atoms with van der Waals surface area (Å²) in [6.07, 6.45) is 0. The van der Waals surface area contributed by atoms with Crippen molar-refractivity contribution in [1.82, 2.24) is 0 Å². The number of hydrogen-bond donors (Lipinski definition) is 2. The van der Waals surface area contributed by atoms with Crippen molar-refractivity contribution in [2.45, 2.75) is 13.2 Å². The Morgan fingerprint density at radius 3 is 2.45 bits per heavy atom. The van der Waals surface area contributed by atoms with Gasteiger partial charge in [-0.3, -0.25) is 0 Å². The molecule has 0 fully saturated rings. The lowest BCUT2D eigenvalue weighted by Gasteiger charge is -2.03. The van der Waals surface area contributed by atoms with E-state index in [0.29, 0.717) is 0 Å². The number of rotatable bonds is 2. The summed E-state index contributed by atoms with van der Waals surface area (Å²) in [4.78, 5) is 0. The predicted octanol–water partition coefficient (Wildman–Crippen LogP) is 0.853. The molecule has 0 heterocycles. The van der Waals surface area contributed by atoms with E-state index in [-0.39, 0.29) is 13.2 Å². The van der Waals surface area contributed by atoms with Gasteiger partial charge in [-0.2, -0.15) is 0 Å². The van der Waals surface area contributed by atoms with E-state index in [4.69, 9.17) is 10.2 Å². The van der Waals surface area contributed by atoms with Crippen molar-refractivity contribution in [3.8, 4) is 0 Å². The molecule has 1 aromatic carbocycles. The fraction of sp³-hybridized carbons (Fsp3) is 0.222. The monoisotopic (exact) mass is 151 g/mol. The summed E-state index contributed by atoms with van der Waals surface area (Å²) in [6.45, 7) is 3.71. The van der Waals surface area contributed by atoms with Gasteiger partial charge in [0.1, 0.15) is 0 Å². The second-order valence-electron chi connectivity index (χ2n) is 2.42. The normalized spacial score (nSPS) is 10.1. The van der Waals surface area contributed by atoms with Crippen LogP contribution in [-0.4, -0.2) is 10.2 Å². The first-order valence-corrected chi connectivity index (χ1v) is 3.43. The minimum absolute atomic E-state index is 0.00722. The molecule has 59 valence electrons. The molecular weight excluding hydrogens is 140 g/mol. The molecule has 11 heavy (non-hydrogen) atoms. The lowest BCUT2D eigenvalue weighted by atomic mass is 10.1. The summed E-state index contributed by atoms with van der Waals surface area (Å²) in [5.41, 5.74) is 2.39. The van der Waals surface area contributed by atoms with E-state index < -0.39 is 0 Å². The van der Waals surface area contributed by atoms with Crippen molar-refractivity contribution >= 4 is 0 Å². The maximum absolute atomic E-state index is 8.82. The van der Waals surface area contributed by atoms with Crippen LogP contribution in [0.4, 0.5) is 0 Å². The van der Waals surface area contributed by atoms with Gasteiger partial charge in [0, 0.05) is 0 Å². The van der Waals surface area contributed by atoms with Gasteiger partial charge in [-0.05, 0) is 23.6 Å². The Hall–Kier alpha value is -0.860. The van der Waals surface area contributed by atoms with Crippen LogP contribution >= 0.6 is 0 Å². The summed E-state index contributed by atoms with van der Waals surface area (Å²) in [6, 6.07) is 5.33. The van der Waals surface area contributed by atoms with E-state index in [1.807, 2.05) is 0 Å². The first kappa shape index (κ1) is 8.24. The Labute approximate surface area is 66.1 Å². The van der Waals surface area contributed by atoms with Gasteiger partial charge in [0.05, 0.1) is 13.2 Å². The van der Waals surface area contributed by atoms with Crippen molar-refractivity contribution in [1.29, 1.82) is 0 Å². The van der Waals surface area contributed by atoms with Crippen LogP contribution in [0.1, 0.15) is 16.7 Å². The Kier molecular flexibility index (Phi) is 2.63. The van der Waals surface area contributed by atoms with Crippen molar-refractivity contribution in [2.24, 2.45) is 0 Å². The Morgan fingerprint density at radius 2 is 1.91 bits per heavy atom. The third kappa shape index (κ3) is 1.79. The second-order valence-corrected chi connectivity index (χ2v) is 2.42. The van der Waals surface area contributed by atoms with Crippen LogP contribution in [0.2, 0.25) is 0 Å². The fourth-order valence-electron chi connectivity index (χ4n) is 0.925. The molecule has 1 aromatic rings. The average molecular weight is 151 g/mol. The second kappa shape index (κ2) is 3.51. The minimum atomic E-state index is -0.0212. The Bertz CT molecular complexity index is 243. The van der Waals surface area contributed by atoms with Crippen LogP contribution in [0.5, 0.6) is 0 Å². The molecule has 0 spiro atoms. The van der Waals surface area contributed by atoms with Crippen LogP contribution in [0.25, 0.3) is 0 Å². The predicted molar refractivity (Wildman–Crippen MR) is 42.7 cm³/mol. The van der Waals surface area contributed by atoms with E-state index in [2.05, 4.69) is 6.92 Å². The quantitative estimate of drug-likeness (QED) is 0.658. The highest BCUT2D eigenvalue weighted by atomic mass is 16.3. The third-order valence-corrected chi connectivity index (χ3v) is 1.62. The van der Waals surface area contributed by atoms with Gasteiger partial charge in [-0.15, -0.1) is 0 Å². The van der Waals surface area contributed by atoms with Gasteiger partial charge in [-0.1, -0.05) is 18.2 Å². The molecule has 0 saturated heterocycles. The van der Waals surface area contributed by atoms with E-state index in [1.54, 1.807) is 18.2 Å². The summed E-state index contributed by atoms with van der Waals surface area (Å²) in [5, 5.41) is 17.6. The van der Waals surface area contributed by atoms with Gasteiger partial charge in [-0.25, -0.2) is 0 Å². The van der Waals surface area contributed by atoms with Crippen LogP contribution in [0.3, 0.4) is 0 Å². The fourth-order valence-corrected chi connectivity index (χ4v) is 0.925. The maximum atomic E-state index is 8.82. The number of benzene rings is 1. The molecule has 0 aliphatic heterocycles. The topological polar surface area (TPSA) is 40.5 Å². The van der Waals surface area contributed by atoms with Gasteiger partial charge in [0.25, 0.3) is 0 Å². The first-order valence-electron chi connectivity index (χ1n) is 3.43. The van der Waals surface area contributed by atoms with Gasteiger partial charge in [0.2, 0.25) is 0 Å².